The van der Waals surface area contributed by atoms with Crippen molar-refractivity contribution in [3.05, 3.63) is 12.2 Å². The molecule has 0 aliphatic rings. The first-order chi connectivity index (χ1) is 9.28. The molecule has 7 heteroatoms. The van der Waals surface area contributed by atoms with Crippen LogP contribution in [0, 0.1) is 0 Å². The molecule has 0 aliphatic carbocycles. The maximum absolute atomic E-state index is 11.5. The standard InChI is InChI=1S/C13H25N5O2/c1-10(8-15-12(19)20-13(2,3)4)14-7-6-11-17-16-9-18(11)5/h9-10,14H,6-8H2,1-5H3,(H,15,19). The summed E-state index contributed by atoms with van der Waals surface area (Å²) >= 11 is 0. The lowest BCUT2D eigenvalue weighted by molar-refractivity contribution is 0.0523. The van der Waals surface area contributed by atoms with Gasteiger partial charge in [-0.3, -0.25) is 0 Å². The minimum Gasteiger partial charge on any atom is -0.444 e. The molecule has 114 valence electrons. The van der Waals surface area contributed by atoms with E-state index in [1.54, 1.807) is 6.33 Å². The Bertz CT molecular complexity index is 425. The van der Waals surface area contributed by atoms with E-state index in [2.05, 4.69) is 20.8 Å². The van der Waals surface area contributed by atoms with Crippen molar-refractivity contribution >= 4 is 6.09 Å². The van der Waals surface area contributed by atoms with E-state index < -0.39 is 5.60 Å². The van der Waals surface area contributed by atoms with Crippen molar-refractivity contribution in [1.82, 2.24) is 25.4 Å². The van der Waals surface area contributed by atoms with Crippen LogP contribution in [0.25, 0.3) is 0 Å². The number of aryl methyl sites for hydroxylation is 1. The molecule has 0 spiro atoms. The van der Waals surface area contributed by atoms with Gasteiger partial charge in [0.15, 0.2) is 0 Å². The van der Waals surface area contributed by atoms with Crippen LogP contribution in [0.1, 0.15) is 33.5 Å². The third-order valence-corrected chi connectivity index (χ3v) is 2.60. The molecule has 0 bridgehead atoms. The second-order valence-electron chi connectivity index (χ2n) is 5.85. The second-order valence-corrected chi connectivity index (χ2v) is 5.85. The highest BCUT2D eigenvalue weighted by Gasteiger charge is 2.16. The topological polar surface area (TPSA) is 81.1 Å². The smallest absolute Gasteiger partial charge is 0.407 e. The zero-order valence-corrected chi connectivity index (χ0v) is 12.9. The van der Waals surface area contributed by atoms with Gasteiger partial charge in [-0.15, -0.1) is 10.2 Å². The quantitative estimate of drug-likeness (QED) is 0.809. The van der Waals surface area contributed by atoms with E-state index in [1.165, 1.54) is 0 Å². The average Bonchev–Trinajstić information content (AvgIpc) is 2.70. The van der Waals surface area contributed by atoms with Crippen molar-refractivity contribution in [3.63, 3.8) is 0 Å². The van der Waals surface area contributed by atoms with Crippen LogP contribution in [-0.2, 0) is 18.2 Å². The SMILES string of the molecule is CC(CNC(=O)OC(C)(C)C)NCCc1nncn1C. The number of hydrogen-bond acceptors (Lipinski definition) is 5. The Morgan fingerprint density at radius 3 is 2.75 bits per heavy atom. The molecule has 7 nitrogen and oxygen atoms in total. The third kappa shape index (κ3) is 6.51. The summed E-state index contributed by atoms with van der Waals surface area (Å²) in [6, 6.07) is 0.163. The fourth-order valence-corrected chi connectivity index (χ4v) is 1.59. The molecule has 0 aliphatic heterocycles. The lowest BCUT2D eigenvalue weighted by Gasteiger charge is -2.21. The van der Waals surface area contributed by atoms with Crippen molar-refractivity contribution in [2.45, 2.75) is 45.8 Å². The lowest BCUT2D eigenvalue weighted by Crippen LogP contribution is -2.41. The number of nitrogens with zero attached hydrogens (tertiary/aromatic N) is 3. The van der Waals surface area contributed by atoms with Gasteiger partial charge in [0.2, 0.25) is 0 Å². The summed E-state index contributed by atoms with van der Waals surface area (Å²) < 4.78 is 7.06. The van der Waals surface area contributed by atoms with Crippen LogP contribution in [0.2, 0.25) is 0 Å². The summed E-state index contributed by atoms with van der Waals surface area (Å²) in [5, 5.41) is 13.9. The number of aromatic nitrogens is 3. The minimum atomic E-state index is -0.466. The molecule has 0 saturated heterocycles. The normalized spacial score (nSPS) is 13.1. The predicted octanol–water partition coefficient (Wildman–Crippen LogP) is 0.860. The van der Waals surface area contributed by atoms with E-state index >= 15 is 0 Å². The fourth-order valence-electron chi connectivity index (χ4n) is 1.59. The predicted molar refractivity (Wildman–Crippen MR) is 76.4 cm³/mol. The maximum atomic E-state index is 11.5. The molecule has 20 heavy (non-hydrogen) atoms. The molecule has 0 radical (unpaired) electrons. The van der Waals surface area contributed by atoms with Gasteiger partial charge in [-0.25, -0.2) is 4.79 Å². The Balaban J connectivity index is 2.16. The van der Waals surface area contributed by atoms with Gasteiger partial charge in [-0.1, -0.05) is 0 Å². The molecular formula is C13H25N5O2. The van der Waals surface area contributed by atoms with Gasteiger partial charge in [-0.2, -0.15) is 0 Å². The van der Waals surface area contributed by atoms with E-state index in [0.29, 0.717) is 6.54 Å². The molecule has 1 heterocycles. The number of hydrogen-bond donors (Lipinski definition) is 2. The zero-order chi connectivity index (χ0) is 15.2. The lowest BCUT2D eigenvalue weighted by atomic mass is 10.2. The second kappa shape index (κ2) is 7.23. The summed E-state index contributed by atoms with van der Waals surface area (Å²) in [5.41, 5.74) is -0.466. The average molecular weight is 283 g/mol. The Labute approximate surface area is 120 Å². The summed E-state index contributed by atoms with van der Waals surface area (Å²) in [4.78, 5) is 11.5. The number of ether oxygens (including phenoxy) is 1. The first kappa shape index (κ1) is 16.4. The number of alkyl carbamates (subject to hydrolysis) is 1. The summed E-state index contributed by atoms with van der Waals surface area (Å²) in [7, 11) is 1.92. The van der Waals surface area contributed by atoms with Gasteiger partial charge < -0.3 is 19.9 Å². The van der Waals surface area contributed by atoms with Crippen LogP contribution in [0.5, 0.6) is 0 Å². The number of rotatable bonds is 6. The Hall–Kier alpha value is -1.63. The van der Waals surface area contributed by atoms with Crippen LogP contribution in [0.4, 0.5) is 4.79 Å². The van der Waals surface area contributed by atoms with Crippen molar-refractivity contribution < 1.29 is 9.53 Å². The molecule has 0 fully saturated rings. The van der Waals surface area contributed by atoms with Gasteiger partial charge in [0, 0.05) is 32.6 Å². The molecule has 2 N–H and O–H groups in total. The molecule has 1 aromatic rings. The number of amides is 1. The first-order valence-corrected chi connectivity index (χ1v) is 6.81. The van der Waals surface area contributed by atoms with Crippen LogP contribution >= 0.6 is 0 Å². The number of carbonyl (C=O) groups is 1. The molecule has 1 atom stereocenters. The van der Waals surface area contributed by atoms with Gasteiger partial charge >= 0.3 is 6.09 Å². The van der Waals surface area contributed by atoms with Gasteiger partial charge in [0.1, 0.15) is 17.8 Å². The van der Waals surface area contributed by atoms with Gasteiger partial charge in [0.25, 0.3) is 0 Å². The Morgan fingerprint density at radius 1 is 1.50 bits per heavy atom. The highest BCUT2D eigenvalue weighted by Crippen LogP contribution is 2.06. The Morgan fingerprint density at radius 2 is 2.20 bits per heavy atom. The van der Waals surface area contributed by atoms with Crippen LogP contribution in [0.3, 0.4) is 0 Å². The summed E-state index contributed by atoms with van der Waals surface area (Å²) in [6.45, 7) is 8.84. The first-order valence-electron chi connectivity index (χ1n) is 6.81. The van der Waals surface area contributed by atoms with Crippen molar-refractivity contribution in [2.24, 2.45) is 7.05 Å². The van der Waals surface area contributed by atoms with Crippen LogP contribution in [0.15, 0.2) is 6.33 Å². The summed E-state index contributed by atoms with van der Waals surface area (Å²) in [6.07, 6.45) is 2.09. The van der Waals surface area contributed by atoms with Crippen LogP contribution in [-0.4, -0.2) is 45.6 Å². The van der Waals surface area contributed by atoms with Gasteiger partial charge in [0.05, 0.1) is 0 Å². The van der Waals surface area contributed by atoms with E-state index in [9.17, 15) is 4.79 Å². The summed E-state index contributed by atoms with van der Waals surface area (Å²) in [5.74, 6) is 0.935. The number of nitrogens with one attached hydrogen (secondary N) is 2. The largest absolute Gasteiger partial charge is 0.444 e. The maximum Gasteiger partial charge on any atom is 0.407 e. The fraction of sp³-hybridized carbons (Fsp3) is 0.769. The molecule has 0 aromatic carbocycles. The zero-order valence-electron chi connectivity index (χ0n) is 12.9. The number of carbonyl (C=O) groups excluding carboxylic acids is 1. The highest BCUT2D eigenvalue weighted by atomic mass is 16.6. The molecule has 1 aromatic heterocycles. The monoisotopic (exact) mass is 283 g/mol. The molecule has 0 saturated carbocycles. The van der Waals surface area contributed by atoms with Crippen molar-refractivity contribution in [1.29, 1.82) is 0 Å². The van der Waals surface area contributed by atoms with Crippen molar-refractivity contribution in [2.75, 3.05) is 13.1 Å². The molecule has 1 amide bonds. The van der Waals surface area contributed by atoms with Crippen LogP contribution < -0.4 is 10.6 Å². The van der Waals surface area contributed by atoms with E-state index in [4.69, 9.17) is 4.74 Å². The van der Waals surface area contributed by atoms with Crippen molar-refractivity contribution in [3.8, 4) is 0 Å². The molecular weight excluding hydrogens is 258 g/mol. The molecule has 1 rings (SSSR count). The van der Waals surface area contributed by atoms with E-state index in [1.807, 2.05) is 39.3 Å². The van der Waals surface area contributed by atoms with E-state index in [-0.39, 0.29) is 12.1 Å². The Kier molecular flexibility index (Phi) is 5.94. The third-order valence-electron chi connectivity index (χ3n) is 2.60. The van der Waals surface area contributed by atoms with E-state index in [0.717, 1.165) is 18.8 Å². The van der Waals surface area contributed by atoms with Gasteiger partial charge in [-0.05, 0) is 27.7 Å². The minimum absolute atomic E-state index is 0.163. The highest BCUT2D eigenvalue weighted by molar-refractivity contribution is 5.67. The molecule has 1 unspecified atom stereocenters.